The highest BCUT2D eigenvalue weighted by molar-refractivity contribution is 5.95. The summed E-state index contributed by atoms with van der Waals surface area (Å²) in [7, 11) is 0. The van der Waals surface area contributed by atoms with E-state index in [4.69, 9.17) is 5.73 Å². The van der Waals surface area contributed by atoms with Gasteiger partial charge in [0.25, 0.3) is 5.91 Å². The second-order valence-electron chi connectivity index (χ2n) is 10.9. The summed E-state index contributed by atoms with van der Waals surface area (Å²) >= 11 is 0. The predicted octanol–water partition coefficient (Wildman–Crippen LogP) is 4.68. The minimum absolute atomic E-state index is 0.0191. The van der Waals surface area contributed by atoms with E-state index in [1.54, 1.807) is 10.9 Å². The summed E-state index contributed by atoms with van der Waals surface area (Å²) in [6.07, 6.45) is 11.6. The van der Waals surface area contributed by atoms with Crippen LogP contribution in [0.3, 0.4) is 0 Å². The number of para-hydroxylation sites is 1. The van der Waals surface area contributed by atoms with Crippen molar-refractivity contribution in [2.75, 3.05) is 26.2 Å². The van der Waals surface area contributed by atoms with Gasteiger partial charge in [-0.15, -0.1) is 0 Å². The Hall–Kier alpha value is -4.27. The lowest BCUT2D eigenvalue weighted by Crippen LogP contribution is -2.49. The number of hydrogen-bond acceptors (Lipinski definition) is 5. The highest BCUT2D eigenvalue weighted by atomic mass is 16.2. The standard InChI is InChI=1S/C35H44N6O2/c1-4-6-14-27(5-2)32(28-15-9-7-10-16-28)25-40-22-20-29(39-33(35(40)43)19-13-21-36)23-37-34(42)31-24-38-41(26(31)3)30-17-11-8-12-18-30/h4-12,14-18,24,29,32-33,39H,2,13,19-23,25,36H2,1,3H3,(H,37,42)/b6-4-,27-14+/t29-,32?,33-/m0/s1. The van der Waals surface area contributed by atoms with Crippen molar-refractivity contribution in [1.82, 2.24) is 25.3 Å². The fourth-order valence-electron chi connectivity index (χ4n) is 5.57. The van der Waals surface area contributed by atoms with Crippen LogP contribution < -0.4 is 16.4 Å². The zero-order valence-corrected chi connectivity index (χ0v) is 25.3. The SMILES string of the molecule is C=C/C(=C\C=C/C)C(CN1CC[C@@H](CNC(=O)c2cnn(-c3ccccc3)c2C)N[C@@H](CCCN)C1=O)c1ccccc1. The van der Waals surface area contributed by atoms with Crippen molar-refractivity contribution in [3.63, 3.8) is 0 Å². The van der Waals surface area contributed by atoms with Crippen LogP contribution in [0.4, 0.5) is 0 Å². The molecule has 4 rings (SSSR count). The largest absolute Gasteiger partial charge is 0.350 e. The van der Waals surface area contributed by atoms with E-state index in [0.717, 1.165) is 28.9 Å². The summed E-state index contributed by atoms with van der Waals surface area (Å²) in [5.41, 5.74) is 10.2. The van der Waals surface area contributed by atoms with Crippen LogP contribution in [0.25, 0.3) is 5.69 Å². The molecule has 2 amide bonds. The number of benzene rings is 2. The number of hydrogen-bond donors (Lipinski definition) is 3. The number of carbonyl (C=O) groups excluding carboxylic acids is 2. The van der Waals surface area contributed by atoms with Gasteiger partial charge in [-0.1, -0.05) is 79.4 Å². The van der Waals surface area contributed by atoms with Crippen molar-refractivity contribution in [1.29, 1.82) is 0 Å². The van der Waals surface area contributed by atoms with Gasteiger partial charge in [-0.2, -0.15) is 5.10 Å². The van der Waals surface area contributed by atoms with Gasteiger partial charge in [0.15, 0.2) is 0 Å². The molecule has 3 atom stereocenters. The van der Waals surface area contributed by atoms with Crippen molar-refractivity contribution in [2.24, 2.45) is 5.73 Å². The Morgan fingerprint density at radius 1 is 1.19 bits per heavy atom. The summed E-state index contributed by atoms with van der Waals surface area (Å²) in [5.74, 6) is -0.131. The smallest absolute Gasteiger partial charge is 0.254 e. The number of nitrogens with two attached hydrogens (primary N) is 1. The maximum Gasteiger partial charge on any atom is 0.254 e. The Balaban J connectivity index is 1.49. The fraction of sp³-hybridized carbons (Fsp3) is 0.343. The average molecular weight is 581 g/mol. The summed E-state index contributed by atoms with van der Waals surface area (Å²) in [5, 5.41) is 11.1. The van der Waals surface area contributed by atoms with E-state index in [0.29, 0.717) is 44.6 Å². The molecular weight excluding hydrogens is 536 g/mol. The number of nitrogens with one attached hydrogen (secondary N) is 2. The van der Waals surface area contributed by atoms with Gasteiger partial charge in [0.05, 0.1) is 29.2 Å². The number of rotatable bonds is 13. The van der Waals surface area contributed by atoms with Gasteiger partial charge >= 0.3 is 0 Å². The molecule has 2 aromatic carbocycles. The summed E-state index contributed by atoms with van der Waals surface area (Å²) in [4.78, 5) is 29.1. The van der Waals surface area contributed by atoms with Crippen LogP contribution in [-0.2, 0) is 4.79 Å². The van der Waals surface area contributed by atoms with Crippen molar-refractivity contribution >= 4 is 11.8 Å². The molecule has 43 heavy (non-hydrogen) atoms. The third-order valence-electron chi connectivity index (χ3n) is 7.98. The van der Waals surface area contributed by atoms with E-state index in [2.05, 4.69) is 40.5 Å². The Kier molecular flexibility index (Phi) is 11.6. The highest BCUT2D eigenvalue weighted by Crippen LogP contribution is 2.28. The topological polar surface area (TPSA) is 105 Å². The lowest BCUT2D eigenvalue weighted by molar-refractivity contribution is -0.133. The average Bonchev–Trinajstić information content (AvgIpc) is 3.36. The molecule has 1 aromatic heterocycles. The zero-order valence-electron chi connectivity index (χ0n) is 25.3. The number of amides is 2. The van der Waals surface area contributed by atoms with Gasteiger partial charge in [0, 0.05) is 31.6 Å². The number of aromatic nitrogens is 2. The molecule has 0 aliphatic carbocycles. The van der Waals surface area contributed by atoms with E-state index in [1.165, 1.54) is 0 Å². The van der Waals surface area contributed by atoms with E-state index in [1.807, 2.05) is 85.5 Å². The molecule has 1 saturated heterocycles. The molecule has 8 nitrogen and oxygen atoms in total. The van der Waals surface area contributed by atoms with Crippen LogP contribution in [0, 0.1) is 6.92 Å². The van der Waals surface area contributed by atoms with Gasteiger partial charge in [0.2, 0.25) is 5.91 Å². The van der Waals surface area contributed by atoms with Crippen molar-refractivity contribution in [3.05, 3.63) is 120 Å². The minimum Gasteiger partial charge on any atom is -0.350 e. The van der Waals surface area contributed by atoms with Crippen LogP contribution in [-0.4, -0.2) is 64.8 Å². The molecular formula is C35H44N6O2. The van der Waals surface area contributed by atoms with E-state index in [-0.39, 0.29) is 29.8 Å². The van der Waals surface area contributed by atoms with Gasteiger partial charge in [-0.05, 0) is 62.9 Å². The molecule has 0 radical (unpaired) electrons. The third kappa shape index (κ3) is 8.18. The molecule has 0 bridgehead atoms. The first-order valence-corrected chi connectivity index (χ1v) is 15.1. The lowest BCUT2D eigenvalue weighted by atomic mass is 9.89. The van der Waals surface area contributed by atoms with Crippen LogP contribution in [0.5, 0.6) is 0 Å². The quantitative estimate of drug-likeness (QED) is 0.255. The van der Waals surface area contributed by atoms with E-state index >= 15 is 0 Å². The predicted molar refractivity (Wildman–Crippen MR) is 173 cm³/mol. The molecule has 1 aliphatic rings. The Labute approximate surface area is 255 Å². The number of carbonyl (C=O) groups is 2. The van der Waals surface area contributed by atoms with Gasteiger partial charge < -0.3 is 21.3 Å². The zero-order chi connectivity index (χ0) is 30.6. The summed E-state index contributed by atoms with van der Waals surface area (Å²) in [6, 6.07) is 19.6. The van der Waals surface area contributed by atoms with Crippen molar-refractivity contribution in [2.45, 2.75) is 51.1 Å². The van der Waals surface area contributed by atoms with E-state index in [9.17, 15) is 9.59 Å². The molecule has 0 spiro atoms. The number of allylic oxidation sites excluding steroid dienone is 4. The Bertz CT molecular complexity index is 1410. The fourth-order valence-corrected chi connectivity index (χ4v) is 5.57. The molecule has 1 unspecified atom stereocenters. The second kappa shape index (κ2) is 15.8. The first-order chi connectivity index (χ1) is 21.0. The van der Waals surface area contributed by atoms with Gasteiger partial charge in [-0.25, -0.2) is 4.68 Å². The molecule has 4 N–H and O–H groups in total. The molecule has 3 aromatic rings. The maximum absolute atomic E-state index is 13.9. The van der Waals surface area contributed by atoms with Crippen LogP contribution >= 0.6 is 0 Å². The Morgan fingerprint density at radius 3 is 2.58 bits per heavy atom. The number of nitrogens with zero attached hydrogens (tertiary/aromatic N) is 3. The highest BCUT2D eigenvalue weighted by Gasteiger charge is 2.32. The van der Waals surface area contributed by atoms with Gasteiger partial charge in [0.1, 0.15) is 0 Å². The molecule has 226 valence electrons. The van der Waals surface area contributed by atoms with E-state index < -0.39 is 0 Å². The van der Waals surface area contributed by atoms with Crippen LogP contribution in [0.1, 0.15) is 53.7 Å². The second-order valence-corrected chi connectivity index (χ2v) is 10.9. The first-order valence-electron chi connectivity index (χ1n) is 15.1. The molecule has 2 heterocycles. The molecule has 1 fully saturated rings. The lowest BCUT2D eigenvalue weighted by Gasteiger charge is -2.29. The normalized spacial score (nSPS) is 18.4. The van der Waals surface area contributed by atoms with Crippen LogP contribution in [0.2, 0.25) is 0 Å². The molecule has 0 saturated carbocycles. The summed E-state index contributed by atoms with van der Waals surface area (Å²) in [6.45, 7) is 9.97. The molecule has 8 heteroatoms. The monoisotopic (exact) mass is 580 g/mol. The first kappa shape index (κ1) is 31.7. The van der Waals surface area contributed by atoms with Gasteiger partial charge in [-0.3, -0.25) is 9.59 Å². The van der Waals surface area contributed by atoms with Crippen molar-refractivity contribution in [3.8, 4) is 5.69 Å². The van der Waals surface area contributed by atoms with Crippen LogP contribution in [0.15, 0.2) is 103 Å². The third-order valence-corrected chi connectivity index (χ3v) is 7.98. The molecule has 1 aliphatic heterocycles. The Morgan fingerprint density at radius 2 is 1.91 bits per heavy atom. The maximum atomic E-state index is 13.9. The van der Waals surface area contributed by atoms with Crippen molar-refractivity contribution < 1.29 is 9.59 Å². The minimum atomic E-state index is -0.376. The summed E-state index contributed by atoms with van der Waals surface area (Å²) < 4.78 is 1.77.